The Bertz CT molecular complexity index is 770. The monoisotopic (exact) mass is 312 g/mol. The number of carbonyl (C=O) groups is 1. The minimum Gasteiger partial charge on any atom is -0.478 e. The fourth-order valence-electron chi connectivity index (χ4n) is 1.85. The fraction of sp³-hybridized carbons (Fsp3) is 0.0625. The van der Waals surface area contributed by atoms with E-state index in [9.17, 15) is 4.79 Å². The van der Waals surface area contributed by atoms with Gasteiger partial charge in [-0.15, -0.1) is 10.2 Å². The van der Waals surface area contributed by atoms with Crippen LogP contribution in [0.4, 0.5) is 0 Å². The lowest BCUT2D eigenvalue weighted by atomic mass is 10.1. The number of nitrogens with zero attached hydrogens (tertiary/aromatic N) is 2. The van der Waals surface area contributed by atoms with Crippen molar-refractivity contribution in [2.45, 2.75) is 11.0 Å². The van der Waals surface area contributed by atoms with Gasteiger partial charge in [0.1, 0.15) is 0 Å². The summed E-state index contributed by atoms with van der Waals surface area (Å²) in [7, 11) is 0. The minimum absolute atomic E-state index is 0.276. The molecule has 0 saturated heterocycles. The molecule has 0 aliphatic heterocycles. The van der Waals surface area contributed by atoms with Crippen LogP contribution >= 0.6 is 11.8 Å². The zero-order chi connectivity index (χ0) is 15.4. The zero-order valence-corrected chi connectivity index (χ0v) is 12.3. The number of rotatable bonds is 5. The molecule has 6 heteroatoms. The van der Waals surface area contributed by atoms with Gasteiger partial charge in [-0.25, -0.2) is 4.79 Å². The van der Waals surface area contributed by atoms with Gasteiger partial charge in [0.25, 0.3) is 5.22 Å². The molecule has 3 aromatic rings. The second-order valence-electron chi connectivity index (χ2n) is 4.53. The van der Waals surface area contributed by atoms with E-state index in [1.165, 1.54) is 11.8 Å². The van der Waals surface area contributed by atoms with Crippen LogP contribution in [0.5, 0.6) is 0 Å². The molecule has 0 radical (unpaired) electrons. The Morgan fingerprint density at radius 1 is 1.05 bits per heavy atom. The molecule has 0 unspecified atom stereocenters. The molecule has 22 heavy (non-hydrogen) atoms. The number of hydrogen-bond acceptors (Lipinski definition) is 5. The summed E-state index contributed by atoms with van der Waals surface area (Å²) in [6, 6.07) is 16.3. The van der Waals surface area contributed by atoms with E-state index in [2.05, 4.69) is 10.2 Å². The number of thioether (sulfide) groups is 1. The van der Waals surface area contributed by atoms with Gasteiger partial charge in [0.05, 0.1) is 5.56 Å². The highest BCUT2D eigenvalue weighted by atomic mass is 32.2. The Hall–Kier alpha value is -2.60. The van der Waals surface area contributed by atoms with E-state index in [0.717, 1.165) is 11.1 Å². The predicted molar refractivity (Wildman–Crippen MR) is 82.7 cm³/mol. The molecule has 0 saturated carbocycles. The number of carboxylic acids is 1. The molecule has 0 aliphatic rings. The van der Waals surface area contributed by atoms with Gasteiger partial charge >= 0.3 is 5.97 Å². The molecule has 3 rings (SSSR count). The van der Waals surface area contributed by atoms with Crippen molar-refractivity contribution >= 4 is 17.7 Å². The number of hydrogen-bond donors (Lipinski definition) is 1. The van der Waals surface area contributed by atoms with Gasteiger partial charge in [0.2, 0.25) is 5.89 Å². The Morgan fingerprint density at radius 3 is 2.45 bits per heavy atom. The van der Waals surface area contributed by atoms with Gasteiger partial charge in [0.15, 0.2) is 0 Å². The summed E-state index contributed by atoms with van der Waals surface area (Å²) in [5.74, 6) is 0.198. The lowest BCUT2D eigenvalue weighted by Gasteiger charge is -1.99. The maximum Gasteiger partial charge on any atom is 0.335 e. The first kappa shape index (κ1) is 14.3. The quantitative estimate of drug-likeness (QED) is 0.723. The second kappa shape index (κ2) is 6.44. The van der Waals surface area contributed by atoms with Crippen molar-refractivity contribution in [3.63, 3.8) is 0 Å². The van der Waals surface area contributed by atoms with Crippen molar-refractivity contribution in [3.8, 4) is 11.5 Å². The van der Waals surface area contributed by atoms with Crippen LogP contribution in [0.25, 0.3) is 11.5 Å². The van der Waals surface area contributed by atoms with Crippen molar-refractivity contribution in [2.75, 3.05) is 0 Å². The number of aromatic carboxylic acids is 1. The maximum atomic E-state index is 10.8. The zero-order valence-electron chi connectivity index (χ0n) is 11.5. The van der Waals surface area contributed by atoms with Gasteiger partial charge in [-0.1, -0.05) is 42.1 Å². The number of carboxylic acid groups (broad SMARTS) is 1. The topological polar surface area (TPSA) is 76.2 Å². The molecular formula is C16H12N2O3S. The average molecular weight is 312 g/mol. The summed E-state index contributed by atoms with van der Waals surface area (Å²) >= 11 is 1.42. The Kier molecular flexibility index (Phi) is 4.20. The van der Waals surface area contributed by atoms with Gasteiger partial charge < -0.3 is 9.52 Å². The highest BCUT2D eigenvalue weighted by molar-refractivity contribution is 7.98. The molecular weight excluding hydrogens is 300 g/mol. The summed E-state index contributed by atoms with van der Waals surface area (Å²) in [5.41, 5.74) is 2.15. The maximum absolute atomic E-state index is 10.8. The van der Waals surface area contributed by atoms with Crippen LogP contribution in [0.15, 0.2) is 64.2 Å². The van der Waals surface area contributed by atoms with Crippen molar-refractivity contribution in [2.24, 2.45) is 0 Å². The molecule has 1 aromatic heterocycles. The van der Waals surface area contributed by atoms with Crippen LogP contribution in [0.2, 0.25) is 0 Å². The van der Waals surface area contributed by atoms with Crippen molar-refractivity contribution in [1.29, 1.82) is 0 Å². The Balaban J connectivity index is 1.65. The molecule has 0 atom stereocenters. The molecule has 0 bridgehead atoms. The van der Waals surface area contributed by atoms with E-state index in [1.807, 2.05) is 30.3 Å². The largest absolute Gasteiger partial charge is 0.478 e. The molecule has 0 spiro atoms. The third-order valence-corrected chi connectivity index (χ3v) is 3.88. The predicted octanol–water partition coefficient (Wildman–Crippen LogP) is 3.73. The summed E-state index contributed by atoms with van der Waals surface area (Å²) in [5, 5.41) is 17.4. The van der Waals surface area contributed by atoms with Crippen LogP contribution in [0.3, 0.4) is 0 Å². The Labute approximate surface area is 131 Å². The normalized spacial score (nSPS) is 10.5. The van der Waals surface area contributed by atoms with Gasteiger partial charge in [-0.05, 0) is 29.8 Å². The first-order valence-corrected chi connectivity index (χ1v) is 7.55. The van der Waals surface area contributed by atoms with Gasteiger partial charge in [-0.2, -0.15) is 0 Å². The highest BCUT2D eigenvalue weighted by Crippen LogP contribution is 2.25. The summed E-state index contributed by atoms with van der Waals surface area (Å²) in [6.07, 6.45) is 0. The average Bonchev–Trinajstić information content (AvgIpc) is 3.03. The van der Waals surface area contributed by atoms with Crippen molar-refractivity contribution in [1.82, 2.24) is 10.2 Å². The molecule has 0 amide bonds. The molecule has 1 heterocycles. The smallest absolute Gasteiger partial charge is 0.335 e. The first-order chi connectivity index (χ1) is 10.7. The standard InChI is InChI=1S/C16H12N2O3S/c19-15(20)13-8-6-11(7-9-13)10-22-16-18-17-14(21-16)12-4-2-1-3-5-12/h1-9H,10H2,(H,19,20). The SMILES string of the molecule is O=C(O)c1ccc(CSc2nnc(-c3ccccc3)o2)cc1. The van der Waals surface area contributed by atoms with E-state index in [4.69, 9.17) is 9.52 Å². The summed E-state index contributed by atoms with van der Waals surface area (Å²) in [6.45, 7) is 0. The van der Waals surface area contributed by atoms with Gasteiger partial charge in [0, 0.05) is 11.3 Å². The van der Waals surface area contributed by atoms with Crippen LogP contribution in [0.1, 0.15) is 15.9 Å². The minimum atomic E-state index is -0.927. The van der Waals surface area contributed by atoms with Gasteiger partial charge in [-0.3, -0.25) is 0 Å². The van der Waals surface area contributed by atoms with Crippen LogP contribution in [0, 0.1) is 0 Å². The summed E-state index contributed by atoms with van der Waals surface area (Å²) < 4.78 is 5.60. The lowest BCUT2D eigenvalue weighted by molar-refractivity contribution is 0.0697. The van der Waals surface area contributed by atoms with Crippen LogP contribution in [-0.2, 0) is 5.75 Å². The third kappa shape index (κ3) is 3.35. The van der Waals surface area contributed by atoms with E-state index in [0.29, 0.717) is 16.9 Å². The molecule has 110 valence electrons. The van der Waals surface area contributed by atoms with E-state index in [1.54, 1.807) is 24.3 Å². The summed E-state index contributed by atoms with van der Waals surface area (Å²) in [4.78, 5) is 10.8. The van der Waals surface area contributed by atoms with E-state index in [-0.39, 0.29) is 5.56 Å². The molecule has 0 fully saturated rings. The lowest BCUT2D eigenvalue weighted by Crippen LogP contribution is -1.95. The molecule has 2 aromatic carbocycles. The number of benzene rings is 2. The molecule has 1 N–H and O–H groups in total. The Morgan fingerprint density at radius 2 is 1.77 bits per heavy atom. The molecule has 0 aliphatic carbocycles. The van der Waals surface area contributed by atoms with Crippen LogP contribution < -0.4 is 0 Å². The van der Waals surface area contributed by atoms with E-state index >= 15 is 0 Å². The second-order valence-corrected chi connectivity index (χ2v) is 5.46. The fourth-order valence-corrected chi connectivity index (χ4v) is 2.57. The van der Waals surface area contributed by atoms with E-state index < -0.39 is 5.97 Å². The van der Waals surface area contributed by atoms with Crippen molar-refractivity contribution in [3.05, 3.63) is 65.7 Å². The van der Waals surface area contributed by atoms with Crippen molar-refractivity contribution < 1.29 is 14.3 Å². The third-order valence-electron chi connectivity index (χ3n) is 2.99. The first-order valence-electron chi connectivity index (χ1n) is 6.56. The highest BCUT2D eigenvalue weighted by Gasteiger charge is 2.09. The van der Waals surface area contributed by atoms with Crippen LogP contribution in [-0.4, -0.2) is 21.3 Å². The molecule has 5 nitrogen and oxygen atoms in total. The number of aromatic nitrogens is 2.